The normalized spacial score (nSPS) is 11.3. The molecule has 116 valence electrons. The Bertz CT molecular complexity index is 651. The molecule has 0 saturated heterocycles. The van der Waals surface area contributed by atoms with Crippen LogP contribution in [0.4, 0.5) is 13.2 Å². The predicted octanol–water partition coefficient (Wildman–Crippen LogP) is 3.27. The highest BCUT2D eigenvalue weighted by Gasteiger charge is 2.29. The summed E-state index contributed by atoms with van der Waals surface area (Å²) in [5.41, 5.74) is 1.40. The van der Waals surface area contributed by atoms with Crippen molar-refractivity contribution in [3.8, 4) is 0 Å². The molecule has 0 fully saturated rings. The Morgan fingerprint density at radius 1 is 1.14 bits per heavy atom. The minimum atomic E-state index is -4.36. The average Bonchev–Trinajstić information content (AvgIpc) is 2.45. The van der Waals surface area contributed by atoms with Crippen molar-refractivity contribution < 1.29 is 18.0 Å². The number of nitrogens with zero attached hydrogens (tertiary/aromatic N) is 1. The highest BCUT2D eigenvalue weighted by Crippen LogP contribution is 2.29. The standard InChI is InChI=1S/C16H15F3N2O/c1-11-3-2-4-14(21-11)10-20-15(22)9-12-5-7-13(8-6-12)16(17,18)19/h2-8H,9-10H2,1H3,(H,20,22). The molecule has 0 unspecified atom stereocenters. The molecule has 1 aromatic heterocycles. The number of carbonyl (C=O) groups excluding carboxylic acids is 1. The maximum absolute atomic E-state index is 12.4. The molecule has 0 aliphatic heterocycles. The van der Waals surface area contributed by atoms with Crippen molar-refractivity contribution in [1.82, 2.24) is 10.3 Å². The van der Waals surface area contributed by atoms with E-state index in [0.29, 0.717) is 12.1 Å². The summed E-state index contributed by atoms with van der Waals surface area (Å²) in [5, 5.41) is 2.70. The SMILES string of the molecule is Cc1cccc(CNC(=O)Cc2ccc(C(F)(F)F)cc2)n1. The van der Waals surface area contributed by atoms with Crippen LogP contribution in [0.2, 0.25) is 0 Å². The van der Waals surface area contributed by atoms with Crippen molar-refractivity contribution in [3.05, 3.63) is 65.0 Å². The topological polar surface area (TPSA) is 42.0 Å². The van der Waals surface area contributed by atoms with Crippen LogP contribution >= 0.6 is 0 Å². The lowest BCUT2D eigenvalue weighted by atomic mass is 10.1. The fourth-order valence-corrected chi connectivity index (χ4v) is 1.95. The van der Waals surface area contributed by atoms with Gasteiger partial charge >= 0.3 is 6.18 Å². The van der Waals surface area contributed by atoms with Gasteiger partial charge in [-0.05, 0) is 36.8 Å². The first-order valence-corrected chi connectivity index (χ1v) is 6.70. The number of aromatic nitrogens is 1. The van der Waals surface area contributed by atoms with Gasteiger partial charge in [0.05, 0.1) is 24.2 Å². The van der Waals surface area contributed by atoms with Gasteiger partial charge in [-0.3, -0.25) is 9.78 Å². The zero-order valence-electron chi connectivity index (χ0n) is 11.9. The van der Waals surface area contributed by atoms with E-state index in [2.05, 4.69) is 10.3 Å². The smallest absolute Gasteiger partial charge is 0.350 e. The van der Waals surface area contributed by atoms with Gasteiger partial charge in [0.2, 0.25) is 5.91 Å². The third-order valence-corrected chi connectivity index (χ3v) is 3.06. The molecule has 1 amide bonds. The quantitative estimate of drug-likeness (QED) is 0.942. The van der Waals surface area contributed by atoms with E-state index in [-0.39, 0.29) is 12.3 Å². The monoisotopic (exact) mass is 308 g/mol. The first-order valence-electron chi connectivity index (χ1n) is 6.70. The molecule has 1 aromatic carbocycles. The summed E-state index contributed by atoms with van der Waals surface area (Å²) >= 11 is 0. The zero-order valence-corrected chi connectivity index (χ0v) is 11.9. The van der Waals surface area contributed by atoms with Gasteiger partial charge in [0.25, 0.3) is 0 Å². The summed E-state index contributed by atoms with van der Waals surface area (Å²) in [7, 11) is 0. The molecule has 2 rings (SSSR count). The Morgan fingerprint density at radius 3 is 2.41 bits per heavy atom. The van der Waals surface area contributed by atoms with Crippen LogP contribution in [0, 0.1) is 6.92 Å². The molecule has 0 radical (unpaired) electrons. The lowest BCUT2D eigenvalue weighted by Crippen LogP contribution is -2.25. The van der Waals surface area contributed by atoms with Crippen molar-refractivity contribution in [2.45, 2.75) is 26.1 Å². The maximum Gasteiger partial charge on any atom is 0.416 e. The molecule has 0 atom stereocenters. The lowest BCUT2D eigenvalue weighted by Gasteiger charge is -2.08. The summed E-state index contributed by atoms with van der Waals surface area (Å²) in [6.45, 7) is 2.15. The average molecular weight is 308 g/mol. The van der Waals surface area contributed by atoms with Gasteiger partial charge in [-0.15, -0.1) is 0 Å². The molecule has 2 aromatic rings. The second-order valence-electron chi connectivity index (χ2n) is 4.92. The van der Waals surface area contributed by atoms with Gasteiger partial charge < -0.3 is 5.32 Å². The van der Waals surface area contributed by atoms with Crippen molar-refractivity contribution >= 4 is 5.91 Å². The largest absolute Gasteiger partial charge is 0.416 e. The first-order chi connectivity index (χ1) is 10.3. The number of carbonyl (C=O) groups is 1. The Balaban J connectivity index is 1.89. The van der Waals surface area contributed by atoms with Gasteiger partial charge in [0, 0.05) is 5.69 Å². The number of hydrogen-bond donors (Lipinski definition) is 1. The Labute approximate surface area is 126 Å². The highest BCUT2D eigenvalue weighted by molar-refractivity contribution is 5.78. The third-order valence-electron chi connectivity index (χ3n) is 3.06. The number of benzene rings is 1. The maximum atomic E-state index is 12.4. The predicted molar refractivity (Wildman–Crippen MR) is 76.0 cm³/mol. The van der Waals surface area contributed by atoms with Gasteiger partial charge in [-0.25, -0.2) is 0 Å². The molecular formula is C16H15F3N2O. The second-order valence-corrected chi connectivity index (χ2v) is 4.92. The fourth-order valence-electron chi connectivity index (χ4n) is 1.95. The number of aryl methyl sites for hydroxylation is 1. The highest BCUT2D eigenvalue weighted by atomic mass is 19.4. The van der Waals surface area contributed by atoms with E-state index in [1.165, 1.54) is 12.1 Å². The molecule has 6 heteroatoms. The zero-order chi connectivity index (χ0) is 16.2. The first kappa shape index (κ1) is 16.0. The van der Waals surface area contributed by atoms with Crippen molar-refractivity contribution in [2.24, 2.45) is 0 Å². The van der Waals surface area contributed by atoms with Crippen LogP contribution in [0.15, 0.2) is 42.5 Å². The molecule has 3 nitrogen and oxygen atoms in total. The number of nitrogens with one attached hydrogen (secondary N) is 1. The Hall–Kier alpha value is -2.37. The fraction of sp³-hybridized carbons (Fsp3) is 0.250. The summed E-state index contributed by atoms with van der Waals surface area (Å²) in [4.78, 5) is 16.0. The summed E-state index contributed by atoms with van der Waals surface area (Å²) in [6.07, 6.45) is -4.33. The van der Waals surface area contributed by atoms with E-state index >= 15 is 0 Å². The number of pyridine rings is 1. The van der Waals surface area contributed by atoms with E-state index in [1.807, 2.05) is 19.1 Å². The van der Waals surface area contributed by atoms with E-state index < -0.39 is 11.7 Å². The molecule has 0 saturated carbocycles. The van der Waals surface area contributed by atoms with Crippen LogP contribution < -0.4 is 5.32 Å². The van der Waals surface area contributed by atoms with E-state index in [9.17, 15) is 18.0 Å². The number of hydrogen-bond acceptors (Lipinski definition) is 2. The van der Waals surface area contributed by atoms with Gasteiger partial charge in [0.1, 0.15) is 0 Å². The van der Waals surface area contributed by atoms with Crippen LogP contribution in [0.25, 0.3) is 0 Å². The lowest BCUT2D eigenvalue weighted by molar-refractivity contribution is -0.137. The number of halogens is 3. The van der Waals surface area contributed by atoms with E-state index in [1.54, 1.807) is 6.07 Å². The molecule has 0 aliphatic rings. The number of alkyl halides is 3. The number of rotatable bonds is 4. The van der Waals surface area contributed by atoms with Crippen molar-refractivity contribution in [2.75, 3.05) is 0 Å². The molecule has 1 N–H and O–H groups in total. The molecule has 1 heterocycles. The van der Waals surface area contributed by atoms with Gasteiger partial charge in [-0.1, -0.05) is 18.2 Å². The van der Waals surface area contributed by atoms with Crippen LogP contribution in [0.1, 0.15) is 22.5 Å². The van der Waals surface area contributed by atoms with Crippen molar-refractivity contribution in [1.29, 1.82) is 0 Å². The van der Waals surface area contributed by atoms with E-state index in [0.717, 1.165) is 23.5 Å². The summed E-state index contributed by atoms with van der Waals surface area (Å²) in [5.74, 6) is -0.261. The van der Waals surface area contributed by atoms with E-state index in [4.69, 9.17) is 0 Å². The summed E-state index contributed by atoms with van der Waals surface area (Å²) < 4.78 is 37.3. The van der Waals surface area contributed by atoms with Crippen molar-refractivity contribution in [3.63, 3.8) is 0 Å². The Morgan fingerprint density at radius 2 is 1.82 bits per heavy atom. The molecular weight excluding hydrogens is 293 g/mol. The van der Waals surface area contributed by atoms with Crippen LogP contribution in [0.5, 0.6) is 0 Å². The molecule has 0 spiro atoms. The minimum absolute atomic E-state index is 0.0317. The number of amides is 1. The van der Waals surface area contributed by atoms with Crippen LogP contribution in [-0.4, -0.2) is 10.9 Å². The van der Waals surface area contributed by atoms with Gasteiger partial charge in [0.15, 0.2) is 0 Å². The van der Waals surface area contributed by atoms with Gasteiger partial charge in [-0.2, -0.15) is 13.2 Å². The Kier molecular flexibility index (Phi) is 4.80. The van der Waals surface area contributed by atoms with Crippen LogP contribution in [0.3, 0.4) is 0 Å². The van der Waals surface area contributed by atoms with Crippen LogP contribution in [-0.2, 0) is 23.9 Å². The summed E-state index contributed by atoms with van der Waals surface area (Å²) in [6, 6.07) is 10.1. The molecule has 0 aliphatic carbocycles. The minimum Gasteiger partial charge on any atom is -0.350 e. The molecule has 22 heavy (non-hydrogen) atoms. The third kappa shape index (κ3) is 4.58. The second kappa shape index (κ2) is 6.60. The molecule has 0 bridgehead atoms.